The van der Waals surface area contributed by atoms with Crippen LogP contribution in [0.1, 0.15) is 12.2 Å². The molecule has 3 N–H and O–H groups in total. The van der Waals surface area contributed by atoms with Gasteiger partial charge in [-0.15, -0.1) is 10.2 Å². The lowest BCUT2D eigenvalue weighted by molar-refractivity contribution is -0.142. The van der Waals surface area contributed by atoms with Gasteiger partial charge < -0.3 is 19.9 Å². The second kappa shape index (κ2) is 4.52. The van der Waals surface area contributed by atoms with Crippen LogP contribution in [0.5, 0.6) is 11.5 Å². The molecule has 0 saturated heterocycles. The van der Waals surface area contributed by atoms with Crippen molar-refractivity contribution in [2.45, 2.75) is 19.4 Å². The van der Waals surface area contributed by atoms with Crippen LogP contribution in [0.4, 0.5) is 0 Å². The van der Waals surface area contributed by atoms with Crippen LogP contribution in [0.2, 0.25) is 0 Å². The Hall–Kier alpha value is -2.57. The fourth-order valence-electron chi connectivity index (χ4n) is 2.47. The lowest BCUT2D eigenvalue weighted by Crippen LogP contribution is -2.27. The number of aromatic hydroxyl groups is 2. The fraction of sp³-hybridized carbons (Fsp3) is 0.308. The molecule has 0 aliphatic carbocycles. The van der Waals surface area contributed by atoms with Crippen LogP contribution in [-0.4, -0.2) is 36.1 Å². The van der Waals surface area contributed by atoms with Crippen LogP contribution in [0.15, 0.2) is 18.2 Å². The van der Waals surface area contributed by atoms with Gasteiger partial charge in [-0.25, -0.2) is 0 Å². The number of hydrogen-bond donors (Lipinski definition) is 3. The van der Waals surface area contributed by atoms with E-state index in [2.05, 4.69) is 10.2 Å². The number of benzene rings is 1. The first-order chi connectivity index (χ1) is 9.58. The van der Waals surface area contributed by atoms with Crippen LogP contribution < -0.4 is 0 Å². The Morgan fingerprint density at radius 1 is 1.25 bits per heavy atom. The monoisotopic (exact) mass is 275 g/mol. The average Bonchev–Trinajstić information content (AvgIpc) is 2.81. The van der Waals surface area contributed by atoms with Crippen molar-refractivity contribution >= 4 is 5.97 Å². The summed E-state index contributed by atoms with van der Waals surface area (Å²) in [6.07, 6.45) is 1.03. The van der Waals surface area contributed by atoms with E-state index in [1.54, 1.807) is 4.57 Å². The number of phenolic OH excluding ortho intramolecular Hbond substituents is 2. The first-order valence-electron chi connectivity index (χ1n) is 6.24. The number of phenols is 2. The summed E-state index contributed by atoms with van der Waals surface area (Å²) in [6.45, 7) is 0.237. The Labute approximate surface area is 114 Å². The molecule has 1 aromatic carbocycles. The lowest BCUT2D eigenvalue weighted by atomic mass is 9.99. The maximum Gasteiger partial charge on any atom is 0.308 e. The number of carbonyl (C=O) groups is 1. The molecule has 0 saturated carbocycles. The Morgan fingerprint density at radius 3 is 2.60 bits per heavy atom. The van der Waals surface area contributed by atoms with Crippen LogP contribution >= 0.6 is 0 Å². The number of fused-ring (bicyclic) bond motifs is 1. The van der Waals surface area contributed by atoms with Crippen molar-refractivity contribution < 1.29 is 20.1 Å². The molecule has 20 heavy (non-hydrogen) atoms. The minimum Gasteiger partial charge on any atom is -0.507 e. The summed E-state index contributed by atoms with van der Waals surface area (Å²) in [4.78, 5) is 11.1. The topological polar surface area (TPSA) is 108 Å². The van der Waals surface area contributed by atoms with Crippen molar-refractivity contribution in [3.8, 4) is 22.9 Å². The molecule has 1 aromatic heterocycles. The number of carboxylic acid groups (broad SMARTS) is 1. The van der Waals surface area contributed by atoms with E-state index in [9.17, 15) is 15.0 Å². The number of hydrogen-bond acceptors (Lipinski definition) is 5. The van der Waals surface area contributed by atoms with Gasteiger partial charge in [-0.1, -0.05) is 6.07 Å². The Bertz CT molecular complexity index is 660. The van der Waals surface area contributed by atoms with E-state index in [-0.39, 0.29) is 23.6 Å². The molecule has 7 heteroatoms. The highest BCUT2D eigenvalue weighted by molar-refractivity contribution is 5.72. The normalized spacial score (nSPS) is 17.7. The van der Waals surface area contributed by atoms with Crippen molar-refractivity contribution in [2.24, 2.45) is 5.92 Å². The molecule has 104 valence electrons. The number of carboxylic acids is 1. The Morgan fingerprint density at radius 2 is 1.95 bits per heavy atom. The average molecular weight is 275 g/mol. The molecule has 0 spiro atoms. The molecule has 0 amide bonds. The predicted octanol–water partition coefficient (Wildman–Crippen LogP) is 1.00. The summed E-state index contributed by atoms with van der Waals surface area (Å²) in [6, 6.07) is 4.39. The largest absolute Gasteiger partial charge is 0.507 e. The van der Waals surface area contributed by atoms with Gasteiger partial charge in [0.25, 0.3) is 0 Å². The zero-order chi connectivity index (χ0) is 14.3. The van der Waals surface area contributed by atoms with E-state index < -0.39 is 11.9 Å². The molecule has 1 unspecified atom stereocenters. The first kappa shape index (κ1) is 12.5. The second-order valence-corrected chi connectivity index (χ2v) is 4.80. The number of aromatic nitrogens is 3. The fourth-order valence-corrected chi connectivity index (χ4v) is 2.47. The summed E-state index contributed by atoms with van der Waals surface area (Å²) in [7, 11) is 0. The standard InChI is InChI=1S/C13H13N3O4/c17-8-2-1-3-9(18)11(8)12-15-14-10-5-4-7(13(19)20)6-16(10)12/h1-3,7,17-18H,4-6H2,(H,19,20). The summed E-state index contributed by atoms with van der Waals surface area (Å²) in [5.41, 5.74) is 0.178. The van der Waals surface area contributed by atoms with Crippen molar-refractivity contribution in [1.82, 2.24) is 14.8 Å². The van der Waals surface area contributed by atoms with Gasteiger partial charge in [0.05, 0.1) is 5.92 Å². The van der Waals surface area contributed by atoms with E-state index in [0.717, 1.165) is 0 Å². The van der Waals surface area contributed by atoms with Crippen molar-refractivity contribution in [3.63, 3.8) is 0 Å². The highest BCUT2D eigenvalue weighted by Gasteiger charge is 2.29. The van der Waals surface area contributed by atoms with Gasteiger partial charge in [0.1, 0.15) is 22.9 Å². The van der Waals surface area contributed by atoms with Crippen LogP contribution in [0.25, 0.3) is 11.4 Å². The van der Waals surface area contributed by atoms with E-state index in [1.165, 1.54) is 18.2 Å². The van der Waals surface area contributed by atoms with Gasteiger partial charge in [0.15, 0.2) is 5.82 Å². The summed E-state index contributed by atoms with van der Waals surface area (Å²) in [5.74, 6) is -0.640. The third-order valence-electron chi connectivity index (χ3n) is 3.54. The van der Waals surface area contributed by atoms with E-state index in [1.807, 2.05) is 0 Å². The Kier molecular flexibility index (Phi) is 2.81. The van der Waals surface area contributed by atoms with Crippen molar-refractivity contribution in [3.05, 3.63) is 24.0 Å². The van der Waals surface area contributed by atoms with E-state index >= 15 is 0 Å². The zero-order valence-corrected chi connectivity index (χ0v) is 10.5. The second-order valence-electron chi connectivity index (χ2n) is 4.80. The SMILES string of the molecule is O=C(O)C1CCc2nnc(-c3c(O)cccc3O)n2C1. The van der Waals surface area contributed by atoms with E-state index in [0.29, 0.717) is 24.5 Å². The van der Waals surface area contributed by atoms with Gasteiger partial charge in [-0.3, -0.25) is 4.79 Å². The summed E-state index contributed by atoms with van der Waals surface area (Å²) < 4.78 is 1.65. The maximum atomic E-state index is 11.1. The molecule has 0 bridgehead atoms. The highest BCUT2D eigenvalue weighted by Crippen LogP contribution is 2.37. The van der Waals surface area contributed by atoms with Crippen LogP contribution in [0.3, 0.4) is 0 Å². The number of aliphatic carboxylic acids is 1. The minimum absolute atomic E-state index is 0.113. The van der Waals surface area contributed by atoms with Gasteiger partial charge in [-0.2, -0.15) is 0 Å². The molecule has 1 aliphatic rings. The van der Waals surface area contributed by atoms with Gasteiger partial charge in [0.2, 0.25) is 0 Å². The van der Waals surface area contributed by atoms with Gasteiger partial charge in [0, 0.05) is 13.0 Å². The highest BCUT2D eigenvalue weighted by atomic mass is 16.4. The molecule has 0 fully saturated rings. The van der Waals surface area contributed by atoms with Crippen molar-refractivity contribution in [2.75, 3.05) is 0 Å². The summed E-state index contributed by atoms with van der Waals surface area (Å²) >= 11 is 0. The van der Waals surface area contributed by atoms with Crippen molar-refractivity contribution in [1.29, 1.82) is 0 Å². The van der Waals surface area contributed by atoms with E-state index in [4.69, 9.17) is 5.11 Å². The predicted molar refractivity (Wildman–Crippen MR) is 68.2 cm³/mol. The molecule has 0 radical (unpaired) electrons. The van der Waals surface area contributed by atoms with Crippen LogP contribution in [-0.2, 0) is 17.8 Å². The quantitative estimate of drug-likeness (QED) is 0.754. The zero-order valence-electron chi connectivity index (χ0n) is 10.5. The Balaban J connectivity index is 2.09. The minimum atomic E-state index is -0.864. The molecule has 3 rings (SSSR count). The molecule has 2 heterocycles. The molecular weight excluding hydrogens is 262 g/mol. The van der Waals surface area contributed by atoms with Gasteiger partial charge >= 0.3 is 5.97 Å². The molecule has 1 aliphatic heterocycles. The smallest absolute Gasteiger partial charge is 0.308 e. The summed E-state index contributed by atoms with van der Waals surface area (Å²) in [5, 5.41) is 36.9. The lowest BCUT2D eigenvalue weighted by Gasteiger charge is -2.21. The molecule has 2 aromatic rings. The van der Waals surface area contributed by atoms with Gasteiger partial charge in [-0.05, 0) is 18.6 Å². The third-order valence-corrected chi connectivity index (χ3v) is 3.54. The number of rotatable bonds is 2. The first-order valence-corrected chi connectivity index (χ1v) is 6.24. The number of aryl methyl sites for hydroxylation is 1. The molecular formula is C13H13N3O4. The van der Waals surface area contributed by atoms with Crippen LogP contribution in [0, 0.1) is 5.92 Å². The molecule has 1 atom stereocenters. The number of nitrogens with zero attached hydrogens (tertiary/aromatic N) is 3. The maximum absolute atomic E-state index is 11.1. The molecule has 7 nitrogen and oxygen atoms in total. The third kappa shape index (κ3) is 1.87.